The number of hydrogen-bond donors (Lipinski definition) is 1. The van der Waals surface area contributed by atoms with E-state index in [1.807, 2.05) is 6.26 Å². The van der Waals surface area contributed by atoms with Crippen LogP contribution in [0.5, 0.6) is 5.75 Å². The van der Waals surface area contributed by atoms with E-state index in [2.05, 4.69) is 5.32 Å². The molecule has 2 aromatic carbocycles. The zero-order valence-corrected chi connectivity index (χ0v) is 15.8. The van der Waals surface area contributed by atoms with Crippen molar-refractivity contribution in [1.82, 2.24) is 0 Å². The molecule has 0 saturated heterocycles. The van der Waals surface area contributed by atoms with Crippen molar-refractivity contribution in [3.8, 4) is 5.75 Å². The number of thioether (sulfide) groups is 1. The number of ether oxygens (including phenoxy) is 2. The highest BCUT2D eigenvalue weighted by molar-refractivity contribution is 7.98. The fraction of sp³-hybridized carbons (Fsp3) is 0.176. The molecule has 8 heteroatoms. The summed E-state index contributed by atoms with van der Waals surface area (Å²) in [5, 5.41) is 3.27. The van der Waals surface area contributed by atoms with E-state index in [-0.39, 0.29) is 5.56 Å². The van der Waals surface area contributed by atoms with Gasteiger partial charge in [-0.05, 0) is 42.7 Å². The maximum atomic E-state index is 12.2. The molecule has 0 spiro atoms. The molecule has 1 N–H and O–H groups in total. The molecular weight excluding hydrogens is 385 g/mol. The van der Waals surface area contributed by atoms with Crippen molar-refractivity contribution in [3.63, 3.8) is 0 Å². The van der Waals surface area contributed by atoms with Gasteiger partial charge < -0.3 is 14.8 Å². The molecule has 2 rings (SSSR count). The molecule has 0 aliphatic rings. The summed E-state index contributed by atoms with van der Waals surface area (Å²) in [5.74, 6) is -0.748. The number of amides is 1. The van der Waals surface area contributed by atoms with E-state index in [1.165, 1.54) is 24.9 Å². The molecule has 0 aromatic heterocycles. The predicted molar refractivity (Wildman–Crippen MR) is 100 cm³/mol. The summed E-state index contributed by atoms with van der Waals surface area (Å²) >= 11 is 13.2. The highest BCUT2D eigenvalue weighted by atomic mass is 35.5. The molecule has 132 valence electrons. The molecule has 0 atom stereocenters. The monoisotopic (exact) mass is 399 g/mol. The van der Waals surface area contributed by atoms with Gasteiger partial charge in [-0.1, -0.05) is 23.2 Å². The number of carbonyl (C=O) groups excluding carboxylic acids is 2. The van der Waals surface area contributed by atoms with Gasteiger partial charge in [0.2, 0.25) is 0 Å². The van der Waals surface area contributed by atoms with Gasteiger partial charge in [0.15, 0.2) is 6.61 Å². The number of esters is 1. The van der Waals surface area contributed by atoms with E-state index in [1.54, 1.807) is 30.3 Å². The summed E-state index contributed by atoms with van der Waals surface area (Å²) in [5.41, 5.74) is 0.708. The number of benzene rings is 2. The highest BCUT2D eigenvalue weighted by Gasteiger charge is 2.16. The quantitative estimate of drug-likeness (QED) is 0.571. The third-order valence-corrected chi connectivity index (χ3v) is 4.63. The van der Waals surface area contributed by atoms with Gasteiger partial charge in [0.05, 0.1) is 17.2 Å². The first kappa shape index (κ1) is 19.4. The third kappa shape index (κ3) is 5.29. The average Bonchev–Trinajstić information content (AvgIpc) is 2.62. The Labute approximate surface area is 159 Å². The fourth-order valence-corrected chi connectivity index (χ4v) is 2.67. The van der Waals surface area contributed by atoms with E-state index < -0.39 is 18.5 Å². The molecule has 5 nitrogen and oxygen atoms in total. The van der Waals surface area contributed by atoms with Gasteiger partial charge in [0.1, 0.15) is 11.3 Å². The lowest BCUT2D eigenvalue weighted by atomic mass is 10.2. The lowest BCUT2D eigenvalue weighted by Gasteiger charge is -2.10. The first-order valence-corrected chi connectivity index (χ1v) is 9.06. The minimum atomic E-state index is -0.645. The summed E-state index contributed by atoms with van der Waals surface area (Å²) in [6.07, 6.45) is 1.92. The van der Waals surface area contributed by atoms with Crippen LogP contribution in [-0.2, 0) is 9.53 Å². The number of anilines is 1. The Balaban J connectivity index is 1.97. The smallest absolute Gasteiger partial charge is 0.342 e. The van der Waals surface area contributed by atoms with E-state index in [0.29, 0.717) is 21.5 Å². The van der Waals surface area contributed by atoms with Crippen LogP contribution in [0.4, 0.5) is 5.69 Å². The predicted octanol–water partition coefficient (Wildman–Crippen LogP) is 4.52. The number of halogens is 2. The Morgan fingerprint density at radius 3 is 2.52 bits per heavy atom. The molecule has 0 heterocycles. The molecule has 0 saturated carbocycles. The van der Waals surface area contributed by atoms with E-state index in [9.17, 15) is 9.59 Å². The molecule has 0 aliphatic heterocycles. The summed E-state index contributed by atoms with van der Waals surface area (Å²) in [6.45, 7) is -0.438. The molecule has 0 aliphatic carbocycles. The topological polar surface area (TPSA) is 64.6 Å². The maximum Gasteiger partial charge on any atom is 0.342 e. The second-order valence-electron chi connectivity index (χ2n) is 4.82. The molecule has 1 amide bonds. The van der Waals surface area contributed by atoms with Crippen LogP contribution >= 0.6 is 35.0 Å². The van der Waals surface area contributed by atoms with E-state index >= 15 is 0 Å². The van der Waals surface area contributed by atoms with Crippen LogP contribution in [0, 0.1) is 0 Å². The van der Waals surface area contributed by atoms with Crippen molar-refractivity contribution < 1.29 is 19.1 Å². The lowest BCUT2D eigenvalue weighted by molar-refractivity contribution is -0.119. The van der Waals surface area contributed by atoms with Crippen molar-refractivity contribution in [2.45, 2.75) is 4.90 Å². The largest absolute Gasteiger partial charge is 0.496 e. The van der Waals surface area contributed by atoms with E-state index in [4.69, 9.17) is 32.7 Å². The van der Waals surface area contributed by atoms with Crippen molar-refractivity contribution in [2.75, 3.05) is 25.3 Å². The minimum absolute atomic E-state index is 0.252. The van der Waals surface area contributed by atoms with Crippen LogP contribution in [0.1, 0.15) is 10.4 Å². The number of methoxy groups -OCH3 is 1. The Bertz CT molecular complexity index is 798. The summed E-state index contributed by atoms with van der Waals surface area (Å²) < 4.78 is 10.2. The maximum absolute atomic E-state index is 12.2. The first-order valence-electron chi connectivity index (χ1n) is 7.08. The molecule has 0 bridgehead atoms. The Morgan fingerprint density at radius 2 is 1.88 bits per heavy atom. The summed E-state index contributed by atoms with van der Waals surface area (Å²) in [4.78, 5) is 25.0. The summed E-state index contributed by atoms with van der Waals surface area (Å²) in [7, 11) is 1.47. The first-order chi connectivity index (χ1) is 11.9. The van der Waals surface area contributed by atoms with Crippen LogP contribution < -0.4 is 10.1 Å². The van der Waals surface area contributed by atoms with Crippen molar-refractivity contribution >= 4 is 52.5 Å². The fourth-order valence-electron chi connectivity index (χ4n) is 1.95. The van der Waals surface area contributed by atoms with Crippen LogP contribution in [0.2, 0.25) is 10.0 Å². The standard InChI is InChI=1S/C17H15Cl2NO4S/c1-23-15-8-11(25-2)4-5-12(15)17(22)24-9-16(21)20-10-3-6-13(18)14(19)7-10/h3-8H,9H2,1-2H3,(H,20,21). The van der Waals surface area contributed by atoms with Crippen molar-refractivity contribution in [2.24, 2.45) is 0 Å². The second kappa shape index (κ2) is 8.99. The SMILES string of the molecule is COc1cc(SC)ccc1C(=O)OCC(=O)Nc1ccc(Cl)c(Cl)c1. The van der Waals surface area contributed by atoms with Crippen LogP contribution in [0.3, 0.4) is 0 Å². The van der Waals surface area contributed by atoms with Gasteiger partial charge in [-0.3, -0.25) is 4.79 Å². The van der Waals surface area contributed by atoms with Gasteiger partial charge in [0.25, 0.3) is 5.91 Å². The molecule has 0 radical (unpaired) electrons. The molecule has 25 heavy (non-hydrogen) atoms. The number of hydrogen-bond acceptors (Lipinski definition) is 5. The second-order valence-corrected chi connectivity index (χ2v) is 6.51. The number of carbonyl (C=O) groups is 2. The minimum Gasteiger partial charge on any atom is -0.496 e. The third-order valence-electron chi connectivity index (χ3n) is 3.17. The van der Waals surface area contributed by atoms with Gasteiger partial charge >= 0.3 is 5.97 Å². The average molecular weight is 400 g/mol. The number of nitrogens with one attached hydrogen (secondary N) is 1. The van der Waals surface area contributed by atoms with Crippen molar-refractivity contribution in [1.29, 1.82) is 0 Å². The van der Waals surface area contributed by atoms with Crippen LogP contribution in [0.25, 0.3) is 0 Å². The highest BCUT2D eigenvalue weighted by Crippen LogP contribution is 2.26. The Morgan fingerprint density at radius 1 is 1.12 bits per heavy atom. The normalized spacial score (nSPS) is 10.2. The summed E-state index contributed by atoms with van der Waals surface area (Å²) in [6, 6.07) is 9.77. The van der Waals surface area contributed by atoms with Crippen LogP contribution in [-0.4, -0.2) is 31.8 Å². The Kier molecular flexibility index (Phi) is 6.99. The number of rotatable bonds is 6. The Hall–Kier alpha value is -1.89. The lowest BCUT2D eigenvalue weighted by Crippen LogP contribution is -2.21. The van der Waals surface area contributed by atoms with Gasteiger partial charge in [-0.25, -0.2) is 4.79 Å². The van der Waals surface area contributed by atoms with Gasteiger partial charge in [0, 0.05) is 10.6 Å². The molecule has 2 aromatic rings. The van der Waals surface area contributed by atoms with Gasteiger partial charge in [-0.2, -0.15) is 0 Å². The molecular formula is C17H15Cl2NO4S. The van der Waals surface area contributed by atoms with Gasteiger partial charge in [-0.15, -0.1) is 11.8 Å². The van der Waals surface area contributed by atoms with E-state index in [0.717, 1.165) is 4.90 Å². The van der Waals surface area contributed by atoms with Crippen molar-refractivity contribution in [3.05, 3.63) is 52.0 Å². The van der Waals surface area contributed by atoms with Crippen LogP contribution in [0.15, 0.2) is 41.3 Å². The zero-order chi connectivity index (χ0) is 18.4. The zero-order valence-electron chi connectivity index (χ0n) is 13.5. The molecule has 0 fully saturated rings. The molecule has 0 unspecified atom stereocenters.